The molecule has 0 atom stereocenters. The van der Waals surface area contributed by atoms with E-state index in [-0.39, 0.29) is 11.4 Å². The van der Waals surface area contributed by atoms with Gasteiger partial charge in [0.2, 0.25) is 5.91 Å². The number of rotatable bonds is 5. The van der Waals surface area contributed by atoms with Crippen LogP contribution in [0.2, 0.25) is 0 Å². The number of aryl methyl sites for hydroxylation is 1. The Morgan fingerprint density at radius 3 is 2.94 bits per heavy atom. The summed E-state index contributed by atoms with van der Waals surface area (Å²) in [5.74, 6) is 0.0206. The van der Waals surface area contributed by atoms with Gasteiger partial charge in [0.25, 0.3) is 0 Å². The summed E-state index contributed by atoms with van der Waals surface area (Å²) in [6, 6.07) is 0. The molecule has 1 amide bonds. The quantitative estimate of drug-likeness (QED) is 0.715. The highest BCUT2D eigenvalue weighted by Gasteiger charge is 2.32. The molecule has 1 aromatic rings. The van der Waals surface area contributed by atoms with Crippen molar-refractivity contribution < 1.29 is 4.79 Å². The molecule has 0 saturated heterocycles. The molecule has 1 aliphatic carbocycles. The van der Waals surface area contributed by atoms with Crippen molar-refractivity contribution in [2.45, 2.75) is 37.8 Å². The highest BCUT2D eigenvalue weighted by Crippen LogP contribution is 2.27. The first kappa shape index (κ1) is 11.1. The number of nitrogens with two attached hydrogens (primary N) is 1. The predicted molar refractivity (Wildman–Crippen MR) is 58.4 cm³/mol. The van der Waals surface area contributed by atoms with E-state index in [1.807, 2.05) is 0 Å². The molecular formula is C10H17N5O. The van der Waals surface area contributed by atoms with Crippen LogP contribution in [0.5, 0.6) is 0 Å². The van der Waals surface area contributed by atoms with Crippen molar-refractivity contribution in [2.75, 3.05) is 6.54 Å². The molecule has 1 aliphatic rings. The van der Waals surface area contributed by atoms with Crippen molar-refractivity contribution in [1.82, 2.24) is 20.1 Å². The van der Waals surface area contributed by atoms with Crippen LogP contribution in [-0.2, 0) is 11.3 Å². The molecule has 2 rings (SSSR count). The summed E-state index contributed by atoms with van der Waals surface area (Å²) in [5, 5.41) is 6.79. The minimum Gasteiger partial charge on any atom is -0.354 e. The first-order valence-electron chi connectivity index (χ1n) is 5.56. The van der Waals surface area contributed by atoms with Crippen molar-refractivity contribution >= 4 is 5.91 Å². The first-order chi connectivity index (χ1) is 7.68. The van der Waals surface area contributed by atoms with Gasteiger partial charge in [0.15, 0.2) is 0 Å². The van der Waals surface area contributed by atoms with Gasteiger partial charge < -0.3 is 11.1 Å². The number of amides is 1. The Morgan fingerprint density at radius 2 is 2.38 bits per heavy atom. The van der Waals surface area contributed by atoms with Gasteiger partial charge in [-0.1, -0.05) is 0 Å². The lowest BCUT2D eigenvalue weighted by Crippen LogP contribution is -2.55. The number of hydrogen-bond acceptors (Lipinski definition) is 4. The lowest BCUT2D eigenvalue weighted by Gasteiger charge is -2.38. The van der Waals surface area contributed by atoms with Gasteiger partial charge in [-0.05, 0) is 19.3 Å². The summed E-state index contributed by atoms with van der Waals surface area (Å²) < 4.78 is 1.64. The van der Waals surface area contributed by atoms with Crippen LogP contribution in [0.15, 0.2) is 12.7 Å². The van der Waals surface area contributed by atoms with Crippen molar-refractivity contribution in [3.05, 3.63) is 12.7 Å². The third kappa shape index (κ3) is 2.79. The van der Waals surface area contributed by atoms with E-state index >= 15 is 0 Å². The van der Waals surface area contributed by atoms with Crippen LogP contribution in [0.4, 0.5) is 0 Å². The molecule has 0 bridgehead atoms. The smallest absolute Gasteiger partial charge is 0.221 e. The van der Waals surface area contributed by atoms with Gasteiger partial charge in [-0.2, -0.15) is 5.10 Å². The van der Waals surface area contributed by atoms with E-state index in [1.165, 1.54) is 12.7 Å². The molecule has 88 valence electrons. The molecule has 16 heavy (non-hydrogen) atoms. The zero-order valence-corrected chi connectivity index (χ0v) is 9.22. The molecule has 0 aliphatic heterocycles. The lowest BCUT2D eigenvalue weighted by molar-refractivity contribution is -0.121. The molecule has 6 heteroatoms. The molecule has 0 radical (unpaired) electrons. The van der Waals surface area contributed by atoms with E-state index in [4.69, 9.17) is 5.73 Å². The average Bonchev–Trinajstić information content (AvgIpc) is 2.73. The molecule has 3 N–H and O–H groups in total. The first-order valence-corrected chi connectivity index (χ1v) is 5.56. The van der Waals surface area contributed by atoms with Crippen LogP contribution >= 0.6 is 0 Å². The molecule has 1 heterocycles. The normalized spacial score (nSPS) is 17.8. The van der Waals surface area contributed by atoms with Crippen LogP contribution in [0.3, 0.4) is 0 Å². The number of nitrogens with zero attached hydrogens (tertiary/aromatic N) is 3. The van der Waals surface area contributed by atoms with E-state index < -0.39 is 0 Å². The average molecular weight is 223 g/mol. The summed E-state index contributed by atoms with van der Waals surface area (Å²) in [6.07, 6.45) is 6.67. The monoisotopic (exact) mass is 223 g/mol. The second-order valence-electron chi connectivity index (χ2n) is 4.40. The molecule has 0 spiro atoms. The summed E-state index contributed by atoms with van der Waals surface area (Å²) in [7, 11) is 0. The van der Waals surface area contributed by atoms with Crippen LogP contribution in [-0.4, -0.2) is 32.8 Å². The largest absolute Gasteiger partial charge is 0.354 e. The van der Waals surface area contributed by atoms with Gasteiger partial charge in [-0.15, -0.1) is 0 Å². The van der Waals surface area contributed by atoms with Crippen molar-refractivity contribution in [3.8, 4) is 0 Å². The van der Waals surface area contributed by atoms with Gasteiger partial charge in [0, 0.05) is 18.5 Å². The maximum absolute atomic E-state index is 11.5. The van der Waals surface area contributed by atoms with Crippen LogP contribution < -0.4 is 11.1 Å². The fraction of sp³-hybridized carbons (Fsp3) is 0.700. The number of hydrogen-bond donors (Lipinski definition) is 2. The molecule has 1 saturated carbocycles. The third-order valence-corrected chi connectivity index (χ3v) is 3.02. The topological polar surface area (TPSA) is 85.8 Å². The summed E-state index contributed by atoms with van der Waals surface area (Å²) in [4.78, 5) is 15.3. The fourth-order valence-corrected chi connectivity index (χ4v) is 1.73. The molecule has 0 unspecified atom stereocenters. The van der Waals surface area contributed by atoms with E-state index in [9.17, 15) is 4.79 Å². The lowest BCUT2D eigenvalue weighted by atomic mass is 9.78. The minimum atomic E-state index is -0.150. The molecule has 0 aromatic carbocycles. The van der Waals surface area contributed by atoms with Crippen LogP contribution in [0, 0.1) is 0 Å². The molecular weight excluding hydrogens is 206 g/mol. The van der Waals surface area contributed by atoms with Gasteiger partial charge in [-0.25, -0.2) is 4.98 Å². The molecule has 1 aromatic heterocycles. The molecule has 1 fully saturated rings. The van der Waals surface area contributed by atoms with Gasteiger partial charge >= 0.3 is 0 Å². The highest BCUT2D eigenvalue weighted by molar-refractivity contribution is 5.75. The Morgan fingerprint density at radius 1 is 1.56 bits per heavy atom. The van der Waals surface area contributed by atoms with Crippen LogP contribution in [0.25, 0.3) is 0 Å². The highest BCUT2D eigenvalue weighted by atomic mass is 16.1. The Hall–Kier alpha value is -1.43. The Balaban J connectivity index is 1.65. The predicted octanol–water partition coefficient (Wildman–Crippen LogP) is -0.334. The van der Waals surface area contributed by atoms with Gasteiger partial charge in [0.05, 0.1) is 6.54 Å². The maximum Gasteiger partial charge on any atom is 0.221 e. The SMILES string of the molecule is NC1(CNC(=O)CCn2cncn2)CCC1. The van der Waals surface area contributed by atoms with Crippen LogP contribution in [0.1, 0.15) is 25.7 Å². The summed E-state index contributed by atoms with van der Waals surface area (Å²) in [5.41, 5.74) is 5.85. The fourth-order valence-electron chi connectivity index (χ4n) is 1.73. The van der Waals surface area contributed by atoms with E-state index in [0.29, 0.717) is 19.5 Å². The number of carbonyl (C=O) groups excluding carboxylic acids is 1. The Bertz CT molecular complexity index is 344. The van der Waals surface area contributed by atoms with Crippen molar-refractivity contribution in [2.24, 2.45) is 5.73 Å². The van der Waals surface area contributed by atoms with Crippen molar-refractivity contribution in [1.29, 1.82) is 0 Å². The standard InChI is InChI=1S/C10H17N5O/c11-10(3-1-4-10)6-13-9(16)2-5-15-8-12-7-14-15/h7-8H,1-6,11H2,(H,13,16). The zero-order valence-electron chi connectivity index (χ0n) is 9.22. The summed E-state index contributed by atoms with van der Waals surface area (Å²) in [6.45, 7) is 1.15. The third-order valence-electron chi connectivity index (χ3n) is 3.02. The minimum absolute atomic E-state index is 0.0206. The zero-order chi connectivity index (χ0) is 11.4. The number of nitrogens with one attached hydrogen (secondary N) is 1. The Labute approximate surface area is 94.2 Å². The molecule has 6 nitrogen and oxygen atoms in total. The Kier molecular flexibility index (Phi) is 3.19. The second kappa shape index (κ2) is 4.61. The van der Waals surface area contributed by atoms with Gasteiger partial charge in [-0.3, -0.25) is 9.48 Å². The summed E-state index contributed by atoms with van der Waals surface area (Å²) >= 11 is 0. The van der Waals surface area contributed by atoms with E-state index in [0.717, 1.165) is 12.8 Å². The number of carbonyl (C=O) groups is 1. The second-order valence-corrected chi connectivity index (χ2v) is 4.40. The van der Waals surface area contributed by atoms with E-state index in [2.05, 4.69) is 15.4 Å². The van der Waals surface area contributed by atoms with Gasteiger partial charge in [0.1, 0.15) is 12.7 Å². The van der Waals surface area contributed by atoms with E-state index in [1.54, 1.807) is 11.0 Å². The van der Waals surface area contributed by atoms with Crippen molar-refractivity contribution in [3.63, 3.8) is 0 Å². The number of aromatic nitrogens is 3. The maximum atomic E-state index is 11.5.